The van der Waals surface area contributed by atoms with Crippen LogP contribution in [-0.4, -0.2) is 11.5 Å². The SMILES string of the molecule is Cc1cc(C(O)C(F)F)c(C)cc1Br. The monoisotopic (exact) mass is 264 g/mol. The van der Waals surface area contributed by atoms with Crippen LogP contribution in [0.15, 0.2) is 16.6 Å². The summed E-state index contributed by atoms with van der Waals surface area (Å²) >= 11 is 3.30. The van der Waals surface area contributed by atoms with Crippen LogP contribution in [0.1, 0.15) is 22.8 Å². The molecule has 0 aliphatic rings. The van der Waals surface area contributed by atoms with E-state index in [2.05, 4.69) is 15.9 Å². The minimum atomic E-state index is -2.74. The maximum atomic E-state index is 12.3. The summed E-state index contributed by atoms with van der Waals surface area (Å²) in [6, 6.07) is 3.31. The second-order valence-electron chi connectivity index (χ2n) is 3.24. The number of halogens is 3. The number of alkyl halides is 2. The molecule has 4 heteroatoms. The van der Waals surface area contributed by atoms with Gasteiger partial charge in [0.25, 0.3) is 6.43 Å². The molecule has 0 aliphatic carbocycles. The first-order valence-corrected chi connectivity index (χ1v) is 4.95. The fourth-order valence-corrected chi connectivity index (χ4v) is 1.72. The minimum absolute atomic E-state index is 0.292. The highest BCUT2D eigenvalue weighted by atomic mass is 79.9. The zero-order valence-electron chi connectivity index (χ0n) is 7.89. The molecular weight excluding hydrogens is 254 g/mol. The van der Waals surface area contributed by atoms with Gasteiger partial charge in [0.15, 0.2) is 0 Å². The van der Waals surface area contributed by atoms with Gasteiger partial charge in [0, 0.05) is 4.47 Å². The Morgan fingerprint density at radius 3 is 2.29 bits per heavy atom. The Hall–Kier alpha value is -0.480. The Morgan fingerprint density at radius 1 is 1.21 bits per heavy atom. The normalized spacial score (nSPS) is 13.4. The number of benzene rings is 1. The maximum Gasteiger partial charge on any atom is 0.268 e. The highest BCUT2D eigenvalue weighted by Gasteiger charge is 2.21. The molecule has 1 rings (SSSR count). The summed E-state index contributed by atoms with van der Waals surface area (Å²) in [5.74, 6) is 0. The van der Waals surface area contributed by atoms with E-state index in [0.717, 1.165) is 10.0 Å². The number of aliphatic hydroxyl groups is 1. The van der Waals surface area contributed by atoms with E-state index in [-0.39, 0.29) is 0 Å². The van der Waals surface area contributed by atoms with Gasteiger partial charge in [-0.3, -0.25) is 0 Å². The van der Waals surface area contributed by atoms with Crippen molar-refractivity contribution in [1.29, 1.82) is 0 Å². The summed E-state index contributed by atoms with van der Waals surface area (Å²) in [6.45, 7) is 3.50. The van der Waals surface area contributed by atoms with Crippen LogP contribution in [0.3, 0.4) is 0 Å². The van der Waals surface area contributed by atoms with Gasteiger partial charge in [-0.25, -0.2) is 8.78 Å². The van der Waals surface area contributed by atoms with Gasteiger partial charge in [-0.2, -0.15) is 0 Å². The summed E-state index contributed by atoms with van der Waals surface area (Å²) in [4.78, 5) is 0. The van der Waals surface area contributed by atoms with Gasteiger partial charge in [-0.15, -0.1) is 0 Å². The summed E-state index contributed by atoms with van der Waals surface area (Å²) in [6.07, 6.45) is -4.43. The van der Waals surface area contributed by atoms with Crippen molar-refractivity contribution in [3.63, 3.8) is 0 Å². The third-order valence-corrected chi connectivity index (χ3v) is 2.96. The number of aliphatic hydroxyl groups excluding tert-OH is 1. The lowest BCUT2D eigenvalue weighted by Crippen LogP contribution is -2.10. The van der Waals surface area contributed by atoms with Crippen molar-refractivity contribution in [3.05, 3.63) is 33.3 Å². The Labute approximate surface area is 89.9 Å². The molecule has 1 unspecified atom stereocenters. The Kier molecular flexibility index (Phi) is 3.61. The van der Waals surface area contributed by atoms with Crippen molar-refractivity contribution < 1.29 is 13.9 Å². The van der Waals surface area contributed by atoms with Crippen LogP contribution >= 0.6 is 15.9 Å². The van der Waals surface area contributed by atoms with Gasteiger partial charge < -0.3 is 5.11 Å². The summed E-state index contributed by atoms with van der Waals surface area (Å²) < 4.78 is 25.4. The number of rotatable bonds is 2. The van der Waals surface area contributed by atoms with Gasteiger partial charge in [-0.05, 0) is 36.6 Å². The van der Waals surface area contributed by atoms with Gasteiger partial charge in [0.2, 0.25) is 0 Å². The zero-order valence-corrected chi connectivity index (χ0v) is 9.48. The fraction of sp³-hybridized carbons (Fsp3) is 0.400. The van der Waals surface area contributed by atoms with Crippen molar-refractivity contribution in [2.45, 2.75) is 26.4 Å². The smallest absolute Gasteiger partial charge is 0.268 e. The topological polar surface area (TPSA) is 20.2 Å². The van der Waals surface area contributed by atoms with Crippen LogP contribution in [0.2, 0.25) is 0 Å². The van der Waals surface area contributed by atoms with Gasteiger partial charge in [0.1, 0.15) is 6.10 Å². The minimum Gasteiger partial charge on any atom is -0.382 e. The highest BCUT2D eigenvalue weighted by molar-refractivity contribution is 9.10. The van der Waals surface area contributed by atoms with Crippen LogP contribution in [0, 0.1) is 13.8 Å². The van der Waals surface area contributed by atoms with Crippen LogP contribution in [0.4, 0.5) is 8.78 Å². The zero-order chi connectivity index (χ0) is 10.9. The maximum absolute atomic E-state index is 12.3. The van der Waals surface area contributed by atoms with Crippen molar-refractivity contribution >= 4 is 15.9 Å². The second-order valence-corrected chi connectivity index (χ2v) is 4.09. The van der Waals surface area contributed by atoms with E-state index in [1.54, 1.807) is 26.0 Å². The molecular formula is C10H11BrF2O. The van der Waals surface area contributed by atoms with Crippen molar-refractivity contribution in [2.75, 3.05) is 0 Å². The molecule has 0 aromatic heterocycles. The van der Waals surface area contributed by atoms with Crippen molar-refractivity contribution in [2.24, 2.45) is 0 Å². The molecule has 1 aromatic rings. The number of hydrogen-bond acceptors (Lipinski definition) is 1. The molecule has 0 saturated heterocycles. The van der Waals surface area contributed by atoms with E-state index >= 15 is 0 Å². The lowest BCUT2D eigenvalue weighted by molar-refractivity contribution is -0.00616. The number of hydrogen-bond donors (Lipinski definition) is 1. The van der Waals surface area contributed by atoms with E-state index in [9.17, 15) is 13.9 Å². The molecule has 14 heavy (non-hydrogen) atoms. The molecule has 0 aliphatic heterocycles. The molecule has 1 atom stereocenters. The van der Waals surface area contributed by atoms with E-state index in [0.29, 0.717) is 11.1 Å². The average molecular weight is 265 g/mol. The van der Waals surface area contributed by atoms with E-state index in [1.165, 1.54) is 0 Å². The highest BCUT2D eigenvalue weighted by Crippen LogP contribution is 2.28. The van der Waals surface area contributed by atoms with Gasteiger partial charge in [-0.1, -0.05) is 22.0 Å². The molecule has 78 valence electrons. The third-order valence-electron chi connectivity index (χ3n) is 2.10. The molecule has 0 bridgehead atoms. The Bertz CT molecular complexity index is 339. The predicted molar refractivity (Wildman–Crippen MR) is 54.6 cm³/mol. The molecule has 0 radical (unpaired) electrons. The van der Waals surface area contributed by atoms with E-state index < -0.39 is 12.5 Å². The largest absolute Gasteiger partial charge is 0.382 e. The van der Waals surface area contributed by atoms with Gasteiger partial charge in [0.05, 0.1) is 0 Å². The summed E-state index contributed by atoms with van der Waals surface area (Å²) in [5.41, 5.74) is 1.79. The molecule has 1 aromatic carbocycles. The lowest BCUT2D eigenvalue weighted by Gasteiger charge is -2.14. The number of aryl methyl sites for hydroxylation is 2. The second kappa shape index (κ2) is 4.36. The first-order chi connectivity index (χ1) is 6.43. The average Bonchev–Trinajstić information content (AvgIpc) is 2.10. The van der Waals surface area contributed by atoms with E-state index in [1.807, 2.05) is 0 Å². The molecule has 0 saturated carbocycles. The molecule has 1 nitrogen and oxygen atoms in total. The quantitative estimate of drug-likeness (QED) is 0.869. The predicted octanol–water partition coefficient (Wildman–Crippen LogP) is 3.36. The summed E-state index contributed by atoms with van der Waals surface area (Å²) in [5, 5.41) is 9.23. The molecule has 0 spiro atoms. The van der Waals surface area contributed by atoms with Crippen molar-refractivity contribution in [1.82, 2.24) is 0 Å². The standard InChI is InChI=1S/C10H11BrF2O/c1-5-4-8(11)6(2)3-7(5)9(14)10(12)13/h3-4,9-10,14H,1-2H3. The molecule has 0 heterocycles. The Morgan fingerprint density at radius 2 is 1.79 bits per heavy atom. The van der Waals surface area contributed by atoms with Crippen molar-refractivity contribution in [3.8, 4) is 0 Å². The van der Waals surface area contributed by atoms with Crippen LogP contribution in [0.5, 0.6) is 0 Å². The van der Waals surface area contributed by atoms with Crippen LogP contribution in [0.25, 0.3) is 0 Å². The van der Waals surface area contributed by atoms with Crippen LogP contribution in [-0.2, 0) is 0 Å². The van der Waals surface area contributed by atoms with Crippen LogP contribution < -0.4 is 0 Å². The van der Waals surface area contributed by atoms with Gasteiger partial charge >= 0.3 is 0 Å². The third kappa shape index (κ3) is 2.30. The molecule has 1 N–H and O–H groups in total. The fourth-order valence-electron chi connectivity index (χ4n) is 1.26. The molecule has 0 fully saturated rings. The first kappa shape index (κ1) is 11.6. The molecule has 0 amide bonds. The van der Waals surface area contributed by atoms with E-state index in [4.69, 9.17) is 0 Å². The summed E-state index contributed by atoms with van der Waals surface area (Å²) in [7, 11) is 0. The Balaban J connectivity index is 3.15. The lowest BCUT2D eigenvalue weighted by atomic mass is 10.0. The first-order valence-electron chi connectivity index (χ1n) is 4.16.